The van der Waals surface area contributed by atoms with Crippen LogP contribution in [0, 0.1) is 0 Å². The normalized spacial score (nSPS) is 26.6. The molecule has 2 aromatic rings. The molecule has 0 aliphatic carbocycles. The number of para-hydroxylation sites is 1. The van der Waals surface area contributed by atoms with Crippen molar-refractivity contribution in [1.29, 1.82) is 0 Å². The number of methoxy groups -OCH3 is 1. The van der Waals surface area contributed by atoms with E-state index in [9.17, 15) is 19.5 Å². The molecule has 1 aromatic heterocycles. The maximum Gasteiger partial charge on any atom is 0.333 e. The number of benzene rings is 1. The molecule has 10 nitrogen and oxygen atoms in total. The van der Waals surface area contributed by atoms with E-state index in [-0.39, 0.29) is 12.2 Å². The predicted molar refractivity (Wildman–Crippen MR) is 107 cm³/mol. The van der Waals surface area contributed by atoms with Gasteiger partial charge in [-0.1, -0.05) is 12.1 Å². The molecule has 3 heterocycles. The van der Waals surface area contributed by atoms with E-state index in [1.54, 1.807) is 38.1 Å². The van der Waals surface area contributed by atoms with Crippen LogP contribution in [0.25, 0.3) is 0 Å². The van der Waals surface area contributed by atoms with Gasteiger partial charge in [0.2, 0.25) is 0 Å². The number of carbonyl (C=O) groups is 1. The molecular formula is C21H24N2O8. The number of hydrogen-bond donors (Lipinski definition) is 1. The zero-order chi connectivity index (χ0) is 22.3. The number of aromatic nitrogens is 2. The Morgan fingerprint density at radius 3 is 2.58 bits per heavy atom. The summed E-state index contributed by atoms with van der Waals surface area (Å²) in [6.07, 6.45) is -1.57. The van der Waals surface area contributed by atoms with Crippen molar-refractivity contribution in [1.82, 2.24) is 9.13 Å². The number of ether oxygens (including phenoxy) is 4. The van der Waals surface area contributed by atoms with Crippen molar-refractivity contribution in [2.24, 2.45) is 0 Å². The Hall–Kier alpha value is -2.79. The summed E-state index contributed by atoms with van der Waals surface area (Å²) in [6, 6.07) is 7.76. The van der Waals surface area contributed by atoms with E-state index >= 15 is 0 Å². The van der Waals surface area contributed by atoms with E-state index in [1.165, 1.54) is 23.9 Å². The Morgan fingerprint density at radius 2 is 1.87 bits per heavy atom. The fraction of sp³-hybridized carbons (Fsp3) is 0.476. The van der Waals surface area contributed by atoms with Crippen LogP contribution in [0.2, 0.25) is 0 Å². The van der Waals surface area contributed by atoms with E-state index in [0.29, 0.717) is 5.75 Å². The zero-order valence-corrected chi connectivity index (χ0v) is 17.4. The van der Waals surface area contributed by atoms with Gasteiger partial charge in [0, 0.05) is 12.3 Å². The number of fused-ring (bicyclic) bond motifs is 1. The molecule has 2 aliphatic heterocycles. The van der Waals surface area contributed by atoms with Gasteiger partial charge in [-0.2, -0.15) is 0 Å². The highest BCUT2D eigenvalue weighted by Gasteiger charge is 2.55. The average molecular weight is 432 g/mol. The van der Waals surface area contributed by atoms with E-state index in [0.717, 1.165) is 4.57 Å². The molecule has 0 spiro atoms. The van der Waals surface area contributed by atoms with E-state index < -0.39 is 53.9 Å². The van der Waals surface area contributed by atoms with Crippen LogP contribution < -0.4 is 16.0 Å². The average Bonchev–Trinajstić information content (AvgIpc) is 3.23. The standard InChI is InChI=1S/C21H24N2O8/c1-21(2)30-17-15(11-24)29-19(18(17)31-21)22-9-8-16(26)23(20(22)27)10-13(25)12-6-4-5-7-14(12)28-3/h4-9,15,17-19,24H,10-11H2,1-3H3/t15-,17-,18-,19-/m1/s1. The lowest BCUT2D eigenvalue weighted by Crippen LogP contribution is -2.44. The highest BCUT2D eigenvalue weighted by molar-refractivity contribution is 5.98. The van der Waals surface area contributed by atoms with Gasteiger partial charge in [0.1, 0.15) is 24.1 Å². The Morgan fingerprint density at radius 1 is 1.16 bits per heavy atom. The van der Waals surface area contributed by atoms with Gasteiger partial charge in [0.15, 0.2) is 17.8 Å². The quantitative estimate of drug-likeness (QED) is 0.648. The summed E-state index contributed by atoms with van der Waals surface area (Å²) in [5.74, 6) is -1.01. The van der Waals surface area contributed by atoms with E-state index in [2.05, 4.69) is 0 Å². The second kappa shape index (κ2) is 8.04. The third-order valence-corrected chi connectivity index (χ3v) is 5.38. The third-order valence-electron chi connectivity index (χ3n) is 5.38. The van der Waals surface area contributed by atoms with Crippen LogP contribution in [0.4, 0.5) is 0 Å². The predicted octanol–water partition coefficient (Wildman–Crippen LogP) is 0.311. The molecule has 31 heavy (non-hydrogen) atoms. The van der Waals surface area contributed by atoms with Crippen LogP contribution in [0.15, 0.2) is 46.1 Å². The number of aliphatic hydroxyl groups excluding tert-OH is 1. The monoisotopic (exact) mass is 432 g/mol. The van der Waals surface area contributed by atoms with Crippen LogP contribution in [-0.2, 0) is 20.8 Å². The van der Waals surface area contributed by atoms with E-state index in [1.807, 2.05) is 0 Å². The van der Waals surface area contributed by atoms with Gasteiger partial charge < -0.3 is 24.1 Å². The largest absolute Gasteiger partial charge is 0.496 e. The van der Waals surface area contributed by atoms with Crippen molar-refractivity contribution in [2.75, 3.05) is 13.7 Å². The van der Waals surface area contributed by atoms with Gasteiger partial charge in [0.25, 0.3) is 5.56 Å². The summed E-state index contributed by atoms with van der Waals surface area (Å²) in [7, 11) is 1.43. The lowest BCUT2D eigenvalue weighted by molar-refractivity contribution is -0.200. The number of carbonyl (C=O) groups excluding carboxylic acids is 1. The van der Waals surface area contributed by atoms with Gasteiger partial charge >= 0.3 is 5.69 Å². The van der Waals surface area contributed by atoms with Gasteiger partial charge in [-0.3, -0.25) is 18.7 Å². The number of aliphatic hydroxyl groups is 1. The maximum absolute atomic E-state index is 13.1. The van der Waals surface area contributed by atoms with Crippen molar-refractivity contribution in [3.8, 4) is 5.75 Å². The molecule has 1 N–H and O–H groups in total. The van der Waals surface area contributed by atoms with E-state index in [4.69, 9.17) is 18.9 Å². The number of ketones is 1. The fourth-order valence-corrected chi connectivity index (χ4v) is 4.00. The summed E-state index contributed by atoms with van der Waals surface area (Å²) < 4.78 is 24.7. The minimum Gasteiger partial charge on any atom is -0.496 e. The van der Waals surface area contributed by atoms with Crippen molar-refractivity contribution < 1.29 is 28.8 Å². The first-order valence-corrected chi connectivity index (χ1v) is 9.86. The van der Waals surface area contributed by atoms with Gasteiger partial charge in [-0.15, -0.1) is 0 Å². The van der Waals surface area contributed by atoms with Crippen LogP contribution in [0.1, 0.15) is 30.4 Å². The number of rotatable bonds is 6. The molecule has 2 fully saturated rings. The van der Waals surface area contributed by atoms with Crippen LogP contribution in [-0.4, -0.2) is 57.8 Å². The van der Waals surface area contributed by atoms with Gasteiger partial charge in [0.05, 0.1) is 25.8 Å². The molecule has 0 amide bonds. The Balaban J connectivity index is 1.68. The fourth-order valence-electron chi connectivity index (χ4n) is 4.00. The summed E-state index contributed by atoms with van der Waals surface area (Å²) >= 11 is 0. The van der Waals surface area contributed by atoms with Crippen molar-refractivity contribution in [3.63, 3.8) is 0 Å². The highest BCUT2D eigenvalue weighted by Crippen LogP contribution is 2.42. The molecule has 166 valence electrons. The topological polar surface area (TPSA) is 118 Å². The molecule has 0 radical (unpaired) electrons. The van der Waals surface area contributed by atoms with Crippen molar-refractivity contribution in [2.45, 2.75) is 50.7 Å². The molecular weight excluding hydrogens is 408 g/mol. The van der Waals surface area contributed by atoms with Crippen LogP contribution >= 0.6 is 0 Å². The second-order valence-electron chi connectivity index (χ2n) is 7.87. The maximum atomic E-state index is 13.1. The molecule has 1 aromatic carbocycles. The molecule has 2 saturated heterocycles. The molecule has 10 heteroatoms. The SMILES string of the molecule is COc1ccccc1C(=O)Cn1c(=O)ccn([C@@H]2O[C@H](CO)[C@H]3OC(C)(C)O[C@H]32)c1=O. The smallest absolute Gasteiger partial charge is 0.333 e. The Labute approximate surface area is 177 Å². The summed E-state index contributed by atoms with van der Waals surface area (Å²) in [4.78, 5) is 38.4. The Bertz CT molecular complexity index is 1110. The first-order chi connectivity index (χ1) is 14.8. The van der Waals surface area contributed by atoms with Crippen LogP contribution in [0.3, 0.4) is 0 Å². The van der Waals surface area contributed by atoms with Gasteiger partial charge in [-0.05, 0) is 26.0 Å². The summed E-state index contributed by atoms with van der Waals surface area (Å²) in [5.41, 5.74) is -1.09. The van der Waals surface area contributed by atoms with Gasteiger partial charge in [-0.25, -0.2) is 4.79 Å². The highest BCUT2D eigenvalue weighted by atomic mass is 16.8. The Kier molecular flexibility index (Phi) is 5.56. The molecule has 0 saturated carbocycles. The first-order valence-electron chi connectivity index (χ1n) is 9.86. The summed E-state index contributed by atoms with van der Waals surface area (Å²) in [6.45, 7) is 2.67. The van der Waals surface area contributed by atoms with Crippen molar-refractivity contribution in [3.05, 3.63) is 62.9 Å². The molecule has 0 bridgehead atoms. The number of Topliss-reactive ketones (excluding diaryl/α,β-unsaturated/α-hetero) is 1. The molecule has 4 atom stereocenters. The molecule has 4 rings (SSSR count). The third kappa shape index (κ3) is 3.83. The molecule has 2 aliphatic rings. The van der Waals surface area contributed by atoms with Crippen LogP contribution in [0.5, 0.6) is 5.75 Å². The lowest BCUT2D eigenvalue weighted by Gasteiger charge is -2.24. The minimum atomic E-state index is -0.926. The minimum absolute atomic E-state index is 0.263. The number of hydrogen-bond acceptors (Lipinski definition) is 8. The van der Waals surface area contributed by atoms with Crippen molar-refractivity contribution >= 4 is 5.78 Å². The summed E-state index contributed by atoms with van der Waals surface area (Å²) in [5, 5.41) is 9.65. The zero-order valence-electron chi connectivity index (χ0n) is 17.4. The number of nitrogens with zero attached hydrogens (tertiary/aromatic N) is 2. The second-order valence-corrected chi connectivity index (χ2v) is 7.87. The molecule has 0 unspecified atom stereocenters. The lowest BCUT2D eigenvalue weighted by atomic mass is 10.1. The first kappa shape index (κ1) is 21.4.